The van der Waals surface area contributed by atoms with Gasteiger partial charge in [-0.15, -0.1) is 11.3 Å². The molecule has 1 aromatic heterocycles. The molecule has 3 heterocycles. The van der Waals surface area contributed by atoms with Gasteiger partial charge in [0.05, 0.1) is 12.2 Å². The van der Waals surface area contributed by atoms with E-state index in [2.05, 4.69) is 11.9 Å². The highest BCUT2D eigenvalue weighted by atomic mass is 32.1. The highest BCUT2D eigenvalue weighted by Crippen LogP contribution is 2.51. The van der Waals surface area contributed by atoms with Crippen LogP contribution in [0, 0.1) is 17.6 Å². The number of halogens is 2. The number of hydrogen-bond donors (Lipinski definition) is 0. The van der Waals surface area contributed by atoms with Crippen LogP contribution in [-0.2, 0) is 15.1 Å². The summed E-state index contributed by atoms with van der Waals surface area (Å²) in [5.41, 5.74) is 0.454. The summed E-state index contributed by atoms with van der Waals surface area (Å²) in [5.74, 6) is -1.44. The maximum Gasteiger partial charge on any atom is 0.338 e. The van der Waals surface area contributed by atoms with Gasteiger partial charge in [0.25, 0.3) is 0 Å². The van der Waals surface area contributed by atoms with Gasteiger partial charge in [-0.1, -0.05) is 19.1 Å². The van der Waals surface area contributed by atoms with Crippen LogP contribution in [0.15, 0.2) is 46.0 Å². The lowest BCUT2D eigenvalue weighted by Crippen LogP contribution is -2.42. The molecule has 2 unspecified atom stereocenters. The Labute approximate surface area is 176 Å². The lowest BCUT2D eigenvalue weighted by atomic mass is 9.81. The molecule has 5 rings (SSSR count). The molecule has 154 valence electrons. The van der Waals surface area contributed by atoms with Crippen molar-refractivity contribution in [2.75, 3.05) is 13.2 Å². The van der Waals surface area contributed by atoms with Crippen LogP contribution < -0.4 is 0 Å². The SMILES string of the molecule is CCOC(=O)C1=C2CC(C)CN2C(c2nccs2)=NC12C=Cc1c2ccc(F)c1F. The summed E-state index contributed by atoms with van der Waals surface area (Å²) >= 11 is 1.45. The molecule has 2 aromatic rings. The molecular weight excluding hydrogens is 408 g/mol. The summed E-state index contributed by atoms with van der Waals surface area (Å²) in [5, 5.41) is 2.58. The Kier molecular flexibility index (Phi) is 4.36. The van der Waals surface area contributed by atoms with Gasteiger partial charge in [0.2, 0.25) is 0 Å². The summed E-state index contributed by atoms with van der Waals surface area (Å²) in [7, 11) is 0. The van der Waals surface area contributed by atoms with Crippen molar-refractivity contribution in [2.24, 2.45) is 10.9 Å². The highest BCUT2D eigenvalue weighted by molar-refractivity contribution is 7.11. The molecule has 0 N–H and O–H groups in total. The second kappa shape index (κ2) is 6.84. The first kappa shape index (κ1) is 19.1. The van der Waals surface area contributed by atoms with Gasteiger partial charge >= 0.3 is 5.97 Å². The van der Waals surface area contributed by atoms with Crippen LogP contribution in [0.4, 0.5) is 8.78 Å². The van der Waals surface area contributed by atoms with Gasteiger partial charge < -0.3 is 9.64 Å². The van der Waals surface area contributed by atoms with Crippen LogP contribution in [0.25, 0.3) is 6.08 Å². The second-order valence-electron chi connectivity index (χ2n) is 7.66. The minimum Gasteiger partial charge on any atom is -0.462 e. The standard InChI is InChI=1S/C22H19F2N3O2S/c1-3-29-21(28)17-16-10-12(2)11-27(16)19(20-25-8-9-30-20)26-22(17)7-6-13-14(22)4-5-15(23)18(13)24/h4-9,12H,3,10-11H2,1-2H3. The number of nitrogens with zero attached hydrogens (tertiary/aromatic N) is 3. The van der Waals surface area contributed by atoms with Crippen molar-refractivity contribution in [1.29, 1.82) is 0 Å². The zero-order valence-corrected chi connectivity index (χ0v) is 17.3. The molecule has 5 nitrogen and oxygen atoms in total. The quantitative estimate of drug-likeness (QED) is 0.687. The molecule has 1 fully saturated rings. The first-order valence-electron chi connectivity index (χ1n) is 9.82. The third kappa shape index (κ3) is 2.59. The van der Waals surface area contributed by atoms with E-state index in [0.29, 0.717) is 40.9 Å². The summed E-state index contributed by atoms with van der Waals surface area (Å²) in [6, 6.07) is 2.59. The monoisotopic (exact) mass is 427 g/mol. The predicted octanol–water partition coefficient (Wildman–Crippen LogP) is 4.26. The Bertz CT molecular complexity index is 1140. The first-order valence-corrected chi connectivity index (χ1v) is 10.7. The normalized spacial score (nSPS) is 24.3. The molecule has 30 heavy (non-hydrogen) atoms. The van der Waals surface area contributed by atoms with E-state index in [1.165, 1.54) is 23.5 Å². The van der Waals surface area contributed by atoms with Crippen LogP contribution in [0.3, 0.4) is 0 Å². The van der Waals surface area contributed by atoms with E-state index in [0.717, 1.165) is 11.8 Å². The molecule has 3 aliphatic rings. The van der Waals surface area contributed by atoms with Crippen molar-refractivity contribution in [3.8, 4) is 0 Å². The molecule has 0 bridgehead atoms. The van der Waals surface area contributed by atoms with Crippen LogP contribution >= 0.6 is 11.3 Å². The van der Waals surface area contributed by atoms with Gasteiger partial charge in [-0.3, -0.25) is 0 Å². The minimum absolute atomic E-state index is 0.110. The predicted molar refractivity (Wildman–Crippen MR) is 110 cm³/mol. The number of carbonyl (C=O) groups excluding carboxylic acids is 1. The lowest BCUT2D eigenvalue weighted by molar-refractivity contribution is -0.139. The van der Waals surface area contributed by atoms with Crippen molar-refractivity contribution in [3.05, 3.63) is 68.8 Å². The Hall–Kier alpha value is -2.87. The highest BCUT2D eigenvalue weighted by Gasteiger charge is 2.51. The average molecular weight is 427 g/mol. The molecule has 0 amide bonds. The fourth-order valence-corrected chi connectivity index (χ4v) is 5.16. The zero-order chi connectivity index (χ0) is 21.0. The largest absolute Gasteiger partial charge is 0.462 e. The number of benzene rings is 1. The van der Waals surface area contributed by atoms with Crippen molar-refractivity contribution in [2.45, 2.75) is 25.8 Å². The topological polar surface area (TPSA) is 54.8 Å². The number of carbonyl (C=O) groups is 1. The van der Waals surface area contributed by atoms with E-state index < -0.39 is 23.1 Å². The summed E-state index contributed by atoms with van der Waals surface area (Å²) in [6.45, 7) is 4.75. The molecule has 8 heteroatoms. The number of fused-ring (bicyclic) bond motifs is 3. The summed E-state index contributed by atoms with van der Waals surface area (Å²) in [6.07, 6.45) is 5.54. The second-order valence-corrected chi connectivity index (χ2v) is 8.55. The maximum absolute atomic E-state index is 14.6. The number of hydrogen-bond acceptors (Lipinski definition) is 6. The smallest absolute Gasteiger partial charge is 0.338 e. The Morgan fingerprint density at radius 2 is 2.23 bits per heavy atom. The summed E-state index contributed by atoms with van der Waals surface area (Å²) < 4.78 is 33.9. The van der Waals surface area contributed by atoms with Crippen molar-refractivity contribution >= 4 is 29.2 Å². The van der Waals surface area contributed by atoms with Crippen LogP contribution in [-0.4, -0.2) is 34.8 Å². The molecule has 1 saturated heterocycles. The number of ether oxygens (including phenoxy) is 1. The molecule has 2 atom stereocenters. The Balaban J connectivity index is 1.81. The minimum atomic E-state index is -1.27. The fourth-order valence-electron chi connectivity index (χ4n) is 4.53. The third-order valence-corrected chi connectivity index (χ3v) is 6.48. The van der Waals surface area contributed by atoms with Crippen molar-refractivity contribution in [1.82, 2.24) is 9.88 Å². The van der Waals surface area contributed by atoms with E-state index in [1.807, 2.05) is 10.3 Å². The fraction of sp³-hybridized carbons (Fsp3) is 0.318. The zero-order valence-electron chi connectivity index (χ0n) is 16.5. The average Bonchev–Trinajstić information content (AvgIpc) is 3.44. The molecule has 1 aromatic carbocycles. The number of esters is 1. The van der Waals surface area contributed by atoms with Gasteiger partial charge in [-0.25, -0.2) is 23.6 Å². The Morgan fingerprint density at radius 1 is 1.40 bits per heavy atom. The molecule has 0 radical (unpaired) electrons. The van der Waals surface area contributed by atoms with E-state index >= 15 is 0 Å². The molecular formula is C22H19F2N3O2S. The van der Waals surface area contributed by atoms with Crippen LogP contribution in [0.2, 0.25) is 0 Å². The van der Waals surface area contributed by atoms with E-state index in [-0.39, 0.29) is 12.2 Å². The number of allylic oxidation sites excluding steroid dienone is 1. The van der Waals surface area contributed by atoms with Gasteiger partial charge in [0.1, 0.15) is 5.54 Å². The number of thiazole rings is 1. The van der Waals surface area contributed by atoms with Gasteiger partial charge in [0.15, 0.2) is 22.5 Å². The number of aliphatic imine (C=N–C) groups is 1. The summed E-state index contributed by atoms with van der Waals surface area (Å²) in [4.78, 5) is 24.6. The van der Waals surface area contributed by atoms with Crippen molar-refractivity contribution < 1.29 is 18.3 Å². The Morgan fingerprint density at radius 3 is 2.97 bits per heavy atom. The number of amidine groups is 1. The number of aromatic nitrogens is 1. The van der Waals surface area contributed by atoms with Gasteiger partial charge in [-0.2, -0.15) is 0 Å². The first-order chi connectivity index (χ1) is 14.5. The van der Waals surface area contributed by atoms with E-state index in [4.69, 9.17) is 9.73 Å². The molecule has 1 spiro atoms. The molecule has 1 aliphatic carbocycles. The van der Waals surface area contributed by atoms with Gasteiger partial charge in [-0.05, 0) is 37.0 Å². The van der Waals surface area contributed by atoms with E-state index in [1.54, 1.807) is 19.2 Å². The number of rotatable bonds is 3. The van der Waals surface area contributed by atoms with Gasteiger partial charge in [0, 0.05) is 29.4 Å². The van der Waals surface area contributed by atoms with Crippen LogP contribution in [0.5, 0.6) is 0 Å². The van der Waals surface area contributed by atoms with Crippen LogP contribution in [0.1, 0.15) is 36.4 Å². The molecule has 0 saturated carbocycles. The van der Waals surface area contributed by atoms with E-state index in [9.17, 15) is 13.6 Å². The third-order valence-electron chi connectivity index (χ3n) is 5.71. The maximum atomic E-state index is 14.6. The lowest BCUT2D eigenvalue weighted by Gasteiger charge is -2.37. The van der Waals surface area contributed by atoms with Crippen molar-refractivity contribution in [3.63, 3.8) is 0 Å². The molecule has 2 aliphatic heterocycles.